The van der Waals surface area contributed by atoms with Crippen LogP contribution in [0.4, 0.5) is 9.93 Å². The molecule has 0 spiro atoms. The Morgan fingerprint density at radius 3 is 2.62 bits per heavy atom. The first-order chi connectivity index (χ1) is 15.3. The number of carbonyl (C=O) groups is 3. The highest BCUT2D eigenvalue weighted by molar-refractivity contribution is 8.00. The summed E-state index contributed by atoms with van der Waals surface area (Å²) in [6, 6.07) is 7.57. The maximum atomic E-state index is 13.0. The first kappa shape index (κ1) is 22.6. The van der Waals surface area contributed by atoms with E-state index in [2.05, 4.69) is 26.1 Å². The molecule has 3 N–H and O–H groups in total. The normalized spacial score (nSPS) is 25.6. The summed E-state index contributed by atoms with van der Waals surface area (Å²) in [7, 11) is 3.17. The predicted molar refractivity (Wildman–Crippen MR) is 123 cm³/mol. The van der Waals surface area contributed by atoms with Crippen molar-refractivity contribution >= 4 is 46.1 Å². The summed E-state index contributed by atoms with van der Waals surface area (Å²) in [5.41, 5.74) is 2.11. The number of amides is 4. The number of hydrogen-bond donors (Lipinski definition) is 3. The topological polar surface area (TPSA) is 120 Å². The van der Waals surface area contributed by atoms with Crippen LogP contribution in [0.15, 0.2) is 24.3 Å². The molecule has 2 aliphatic rings. The van der Waals surface area contributed by atoms with E-state index in [9.17, 15) is 14.4 Å². The summed E-state index contributed by atoms with van der Waals surface area (Å²) in [5.74, 6) is -0.936. The van der Waals surface area contributed by atoms with Crippen LogP contribution in [0.3, 0.4) is 0 Å². The zero-order valence-corrected chi connectivity index (χ0v) is 19.8. The maximum absolute atomic E-state index is 13.0. The Morgan fingerprint density at radius 1 is 1.19 bits per heavy atom. The number of hydrogen-bond acceptors (Lipinski definition) is 9. The summed E-state index contributed by atoms with van der Waals surface area (Å²) >= 11 is 2.64. The lowest BCUT2D eigenvalue weighted by molar-refractivity contribution is -0.140. The third-order valence-electron chi connectivity index (χ3n) is 5.62. The van der Waals surface area contributed by atoms with Crippen LogP contribution in [0, 0.1) is 19.8 Å². The Balaban J connectivity index is 1.55. The average Bonchev–Trinajstić information content (AvgIpc) is 3.18. The van der Waals surface area contributed by atoms with Crippen LogP contribution in [0.2, 0.25) is 0 Å². The van der Waals surface area contributed by atoms with Gasteiger partial charge in [-0.05, 0) is 25.0 Å². The number of rotatable bonds is 5. The van der Waals surface area contributed by atoms with Gasteiger partial charge in [-0.2, -0.15) is 0 Å². The molecule has 4 unspecified atom stereocenters. The van der Waals surface area contributed by atoms with E-state index >= 15 is 0 Å². The first-order valence-corrected chi connectivity index (χ1v) is 12.0. The maximum Gasteiger partial charge on any atom is 0.327 e. The molecule has 2 fully saturated rings. The highest BCUT2D eigenvalue weighted by atomic mass is 32.2. The quantitative estimate of drug-likeness (QED) is 0.595. The van der Waals surface area contributed by atoms with E-state index in [4.69, 9.17) is 0 Å². The van der Waals surface area contributed by atoms with Crippen LogP contribution < -0.4 is 16.0 Å². The van der Waals surface area contributed by atoms with E-state index in [0.29, 0.717) is 5.13 Å². The molecule has 0 saturated carbocycles. The Morgan fingerprint density at radius 2 is 1.94 bits per heavy atom. The summed E-state index contributed by atoms with van der Waals surface area (Å²) < 4.78 is 0. The number of anilines is 1. The van der Waals surface area contributed by atoms with Crippen LogP contribution in [-0.2, 0) is 9.59 Å². The number of urea groups is 1. The van der Waals surface area contributed by atoms with Gasteiger partial charge in [0, 0.05) is 14.1 Å². The highest BCUT2D eigenvalue weighted by Crippen LogP contribution is 2.35. The molecule has 3 heterocycles. The largest absolute Gasteiger partial charge is 0.327 e. The van der Waals surface area contributed by atoms with E-state index < -0.39 is 17.5 Å². The molecule has 0 radical (unpaired) electrons. The zero-order valence-electron chi connectivity index (χ0n) is 18.2. The Bertz CT molecular complexity index is 1050. The lowest BCUT2D eigenvalue weighted by Gasteiger charge is -2.50. The molecule has 0 aliphatic carbocycles. The van der Waals surface area contributed by atoms with Gasteiger partial charge in [-0.1, -0.05) is 35.6 Å². The van der Waals surface area contributed by atoms with Crippen molar-refractivity contribution in [2.75, 3.05) is 25.2 Å². The Kier molecular flexibility index (Phi) is 6.47. The summed E-state index contributed by atoms with van der Waals surface area (Å²) in [4.78, 5) is 40.8. The van der Waals surface area contributed by atoms with Crippen LogP contribution in [0.5, 0.6) is 0 Å². The highest BCUT2D eigenvalue weighted by Gasteiger charge is 2.51. The number of aryl methyl sites for hydroxylation is 2. The van der Waals surface area contributed by atoms with Crippen LogP contribution in [0.1, 0.15) is 22.3 Å². The third kappa shape index (κ3) is 4.35. The second kappa shape index (κ2) is 9.14. The van der Waals surface area contributed by atoms with Gasteiger partial charge in [-0.15, -0.1) is 22.0 Å². The molecule has 2 aromatic rings. The van der Waals surface area contributed by atoms with Crippen molar-refractivity contribution in [1.82, 2.24) is 30.6 Å². The van der Waals surface area contributed by atoms with Crippen LogP contribution in [0.25, 0.3) is 0 Å². The zero-order chi connectivity index (χ0) is 23.0. The number of aromatic nitrogens is 2. The molecule has 1 aromatic carbocycles. The number of fused-ring (bicyclic) bond motifs is 1. The molecule has 4 atom stereocenters. The van der Waals surface area contributed by atoms with E-state index in [1.54, 1.807) is 11.9 Å². The number of carbonyl (C=O) groups excluding carboxylic acids is 3. The Labute approximate surface area is 194 Å². The minimum Gasteiger partial charge on any atom is -0.311 e. The number of thioether (sulfide) groups is 1. The lowest BCUT2D eigenvalue weighted by atomic mass is 9.95. The molecule has 0 bridgehead atoms. The van der Waals surface area contributed by atoms with Gasteiger partial charge in [0.25, 0.3) is 0 Å². The van der Waals surface area contributed by atoms with Crippen molar-refractivity contribution in [3.05, 3.63) is 40.4 Å². The molecule has 2 aliphatic heterocycles. The summed E-state index contributed by atoms with van der Waals surface area (Å²) in [6.45, 7) is 3.83. The van der Waals surface area contributed by atoms with E-state index in [1.807, 2.05) is 38.1 Å². The van der Waals surface area contributed by atoms with Crippen molar-refractivity contribution in [3.8, 4) is 0 Å². The predicted octanol–water partition coefficient (Wildman–Crippen LogP) is 1.51. The van der Waals surface area contributed by atoms with Crippen LogP contribution >= 0.6 is 23.1 Å². The fourth-order valence-electron chi connectivity index (χ4n) is 3.96. The van der Waals surface area contributed by atoms with Crippen molar-refractivity contribution in [1.29, 1.82) is 0 Å². The standard InChI is InChI=1S/C20H25N7O3S2/c1-10-7-5-6-8-12(10)15-22-16-14(18(29)27(4)20(30)26(16)3)17(23-15)31-9-13(28)21-19-25-24-11(2)32-19/h5-8,14-17,22-23H,9H2,1-4H3,(H,21,25,28). The molecule has 4 rings (SSSR count). The Hall–Kier alpha value is -2.54. The van der Waals surface area contributed by atoms with Gasteiger partial charge in [0.15, 0.2) is 0 Å². The van der Waals surface area contributed by atoms with Crippen LogP contribution in [-0.4, -0.2) is 69.2 Å². The van der Waals surface area contributed by atoms with Crippen molar-refractivity contribution < 1.29 is 14.4 Å². The van der Waals surface area contributed by atoms with Crippen molar-refractivity contribution in [2.45, 2.75) is 31.6 Å². The molecule has 12 heteroatoms. The molecule has 170 valence electrons. The molecule has 32 heavy (non-hydrogen) atoms. The van der Waals surface area contributed by atoms with Gasteiger partial charge < -0.3 is 4.90 Å². The molecule has 1 aromatic heterocycles. The first-order valence-electron chi connectivity index (χ1n) is 10.1. The second-order valence-electron chi connectivity index (χ2n) is 7.79. The SMILES string of the molecule is Cc1nnc(NC(=O)CSC2NC(c3ccccc3C)NC3C2C(=O)N(C)C(=O)N3C)s1. The van der Waals surface area contributed by atoms with Gasteiger partial charge in [0.1, 0.15) is 5.01 Å². The fraction of sp³-hybridized carbons (Fsp3) is 0.450. The van der Waals surface area contributed by atoms with Crippen molar-refractivity contribution in [3.63, 3.8) is 0 Å². The number of nitrogens with one attached hydrogen (secondary N) is 3. The smallest absolute Gasteiger partial charge is 0.311 e. The van der Waals surface area contributed by atoms with Gasteiger partial charge >= 0.3 is 6.03 Å². The van der Waals surface area contributed by atoms with Gasteiger partial charge in [-0.3, -0.25) is 30.4 Å². The molecular weight excluding hydrogens is 450 g/mol. The molecule has 2 saturated heterocycles. The average molecular weight is 476 g/mol. The number of nitrogens with zero attached hydrogens (tertiary/aromatic N) is 4. The van der Waals surface area contributed by atoms with E-state index in [-0.39, 0.29) is 29.8 Å². The second-order valence-corrected chi connectivity index (χ2v) is 10.1. The lowest BCUT2D eigenvalue weighted by Crippen LogP contribution is -2.72. The van der Waals surface area contributed by atoms with Gasteiger partial charge in [0.05, 0.1) is 29.4 Å². The van der Waals surface area contributed by atoms with Crippen molar-refractivity contribution in [2.24, 2.45) is 5.92 Å². The van der Waals surface area contributed by atoms with E-state index in [0.717, 1.165) is 21.0 Å². The number of benzene rings is 1. The van der Waals surface area contributed by atoms with Gasteiger partial charge in [0.2, 0.25) is 16.9 Å². The minimum absolute atomic E-state index is 0.120. The van der Waals surface area contributed by atoms with E-state index in [1.165, 1.54) is 30.1 Å². The molecule has 10 nitrogen and oxygen atoms in total. The fourth-order valence-corrected chi connectivity index (χ4v) is 5.67. The molecular formula is C20H25N7O3S2. The summed E-state index contributed by atoms with van der Waals surface area (Å²) in [6.07, 6.45) is -0.779. The number of imide groups is 1. The monoisotopic (exact) mass is 475 g/mol. The molecule has 4 amide bonds. The summed E-state index contributed by atoms with van der Waals surface area (Å²) in [5, 5.41) is 18.3. The third-order valence-corrected chi connectivity index (χ3v) is 7.59. The van der Waals surface area contributed by atoms with Gasteiger partial charge in [-0.25, -0.2) is 4.79 Å². The minimum atomic E-state index is -0.551.